The highest BCUT2D eigenvalue weighted by atomic mass is 16.3. The smallest absolute Gasteiger partial charge is 0.0727 e. The third kappa shape index (κ3) is 3.48. The summed E-state index contributed by atoms with van der Waals surface area (Å²) >= 11 is 0. The van der Waals surface area contributed by atoms with E-state index < -0.39 is 0 Å². The molecule has 1 saturated heterocycles. The van der Waals surface area contributed by atoms with E-state index in [9.17, 15) is 0 Å². The SMILES string of the molecule is Cc1cnc(CN2CCCC[C@H]2CCO)cn1. The van der Waals surface area contributed by atoms with Gasteiger partial charge in [-0.3, -0.25) is 14.9 Å². The van der Waals surface area contributed by atoms with E-state index in [1.165, 1.54) is 19.3 Å². The van der Waals surface area contributed by atoms with Crippen LogP contribution < -0.4 is 0 Å². The van der Waals surface area contributed by atoms with E-state index in [1.54, 1.807) is 0 Å². The Hall–Kier alpha value is -1.00. The van der Waals surface area contributed by atoms with Crippen molar-refractivity contribution in [1.82, 2.24) is 14.9 Å². The minimum Gasteiger partial charge on any atom is -0.396 e. The molecule has 4 heteroatoms. The predicted octanol–water partition coefficient (Wildman–Crippen LogP) is 1.52. The second kappa shape index (κ2) is 6.07. The summed E-state index contributed by atoms with van der Waals surface area (Å²) in [5, 5.41) is 9.08. The van der Waals surface area contributed by atoms with E-state index in [-0.39, 0.29) is 6.61 Å². The maximum Gasteiger partial charge on any atom is 0.0727 e. The molecule has 0 radical (unpaired) electrons. The van der Waals surface area contributed by atoms with Crippen molar-refractivity contribution >= 4 is 0 Å². The topological polar surface area (TPSA) is 49.2 Å². The molecule has 94 valence electrons. The molecule has 0 spiro atoms. The lowest BCUT2D eigenvalue weighted by Crippen LogP contribution is -2.39. The molecule has 0 unspecified atom stereocenters. The molecule has 4 nitrogen and oxygen atoms in total. The highest BCUT2D eigenvalue weighted by Gasteiger charge is 2.22. The molecule has 0 bridgehead atoms. The van der Waals surface area contributed by atoms with Crippen LogP contribution in [0.5, 0.6) is 0 Å². The van der Waals surface area contributed by atoms with Crippen LogP contribution >= 0.6 is 0 Å². The largest absolute Gasteiger partial charge is 0.396 e. The average Bonchev–Trinajstić information content (AvgIpc) is 2.35. The summed E-state index contributed by atoms with van der Waals surface area (Å²) in [6, 6.07) is 0.511. The Bertz CT molecular complexity index is 337. The van der Waals surface area contributed by atoms with Gasteiger partial charge in [0, 0.05) is 31.6 Å². The number of hydrogen-bond donors (Lipinski definition) is 1. The minimum absolute atomic E-state index is 0.279. The summed E-state index contributed by atoms with van der Waals surface area (Å²) in [6.45, 7) is 4.20. The highest BCUT2D eigenvalue weighted by molar-refractivity contribution is 5.01. The number of hydrogen-bond acceptors (Lipinski definition) is 4. The molecule has 0 aromatic carbocycles. The lowest BCUT2D eigenvalue weighted by molar-refractivity contribution is 0.111. The molecular weight excluding hydrogens is 214 g/mol. The van der Waals surface area contributed by atoms with Crippen molar-refractivity contribution in [2.45, 2.75) is 45.2 Å². The van der Waals surface area contributed by atoms with E-state index in [2.05, 4.69) is 14.9 Å². The molecule has 0 aliphatic carbocycles. The highest BCUT2D eigenvalue weighted by Crippen LogP contribution is 2.20. The van der Waals surface area contributed by atoms with E-state index in [1.807, 2.05) is 19.3 Å². The van der Waals surface area contributed by atoms with Crippen molar-refractivity contribution < 1.29 is 5.11 Å². The number of rotatable bonds is 4. The van der Waals surface area contributed by atoms with E-state index in [0.29, 0.717) is 6.04 Å². The van der Waals surface area contributed by atoms with Crippen molar-refractivity contribution in [3.8, 4) is 0 Å². The van der Waals surface area contributed by atoms with Crippen LogP contribution in [0.4, 0.5) is 0 Å². The summed E-state index contributed by atoms with van der Waals surface area (Å²) < 4.78 is 0. The number of nitrogens with zero attached hydrogens (tertiary/aromatic N) is 3. The lowest BCUT2D eigenvalue weighted by Gasteiger charge is -2.35. The van der Waals surface area contributed by atoms with Crippen LogP contribution in [0.2, 0.25) is 0 Å². The van der Waals surface area contributed by atoms with Crippen LogP contribution in [-0.4, -0.2) is 39.2 Å². The fourth-order valence-electron chi connectivity index (χ4n) is 2.45. The first-order valence-corrected chi connectivity index (χ1v) is 6.42. The molecular formula is C13H21N3O. The molecule has 1 fully saturated rings. The zero-order chi connectivity index (χ0) is 12.1. The fourth-order valence-corrected chi connectivity index (χ4v) is 2.45. The molecule has 1 aliphatic rings. The normalized spacial score (nSPS) is 21.6. The molecule has 1 N–H and O–H groups in total. The number of piperidine rings is 1. The molecule has 0 amide bonds. The molecule has 1 aromatic heterocycles. The van der Waals surface area contributed by atoms with Crippen molar-refractivity contribution in [1.29, 1.82) is 0 Å². The van der Waals surface area contributed by atoms with Gasteiger partial charge in [-0.2, -0.15) is 0 Å². The summed E-state index contributed by atoms with van der Waals surface area (Å²) in [5.74, 6) is 0. The van der Waals surface area contributed by atoms with Gasteiger partial charge in [0.2, 0.25) is 0 Å². The molecule has 1 aromatic rings. The second-order valence-corrected chi connectivity index (χ2v) is 4.78. The third-order valence-corrected chi connectivity index (χ3v) is 3.41. The maximum atomic E-state index is 9.08. The third-order valence-electron chi connectivity index (χ3n) is 3.41. The average molecular weight is 235 g/mol. The Labute approximate surface area is 103 Å². The molecule has 1 atom stereocenters. The van der Waals surface area contributed by atoms with Gasteiger partial charge in [-0.15, -0.1) is 0 Å². The van der Waals surface area contributed by atoms with E-state index in [0.717, 1.165) is 30.9 Å². The fraction of sp³-hybridized carbons (Fsp3) is 0.692. The lowest BCUT2D eigenvalue weighted by atomic mass is 9.99. The number of likely N-dealkylation sites (tertiary alicyclic amines) is 1. The second-order valence-electron chi connectivity index (χ2n) is 4.78. The maximum absolute atomic E-state index is 9.08. The number of aliphatic hydroxyl groups is 1. The van der Waals surface area contributed by atoms with Crippen molar-refractivity contribution in [2.24, 2.45) is 0 Å². The molecule has 2 rings (SSSR count). The van der Waals surface area contributed by atoms with E-state index >= 15 is 0 Å². The van der Waals surface area contributed by atoms with Crippen LogP contribution in [0.15, 0.2) is 12.4 Å². The van der Waals surface area contributed by atoms with Crippen molar-refractivity contribution in [2.75, 3.05) is 13.2 Å². The quantitative estimate of drug-likeness (QED) is 0.859. The van der Waals surface area contributed by atoms with Gasteiger partial charge in [-0.1, -0.05) is 6.42 Å². The first-order chi connectivity index (χ1) is 8.29. The van der Waals surface area contributed by atoms with Crippen LogP contribution in [-0.2, 0) is 6.54 Å². The zero-order valence-electron chi connectivity index (χ0n) is 10.5. The van der Waals surface area contributed by atoms with Gasteiger partial charge in [-0.05, 0) is 32.7 Å². The van der Waals surface area contributed by atoms with Gasteiger partial charge < -0.3 is 5.11 Å². The Morgan fingerprint density at radius 3 is 2.94 bits per heavy atom. The van der Waals surface area contributed by atoms with Crippen LogP contribution in [0, 0.1) is 6.92 Å². The molecule has 0 saturated carbocycles. The van der Waals surface area contributed by atoms with Gasteiger partial charge in [-0.25, -0.2) is 0 Å². The van der Waals surface area contributed by atoms with Gasteiger partial charge in [0.1, 0.15) is 0 Å². The zero-order valence-corrected chi connectivity index (χ0v) is 10.5. The monoisotopic (exact) mass is 235 g/mol. The minimum atomic E-state index is 0.279. The Kier molecular flexibility index (Phi) is 4.45. The Morgan fingerprint density at radius 2 is 2.24 bits per heavy atom. The van der Waals surface area contributed by atoms with Crippen LogP contribution in [0.25, 0.3) is 0 Å². The van der Waals surface area contributed by atoms with Gasteiger partial charge in [0.15, 0.2) is 0 Å². The standard InChI is InChI=1S/C13H21N3O/c1-11-8-15-12(9-14-11)10-16-6-3-2-4-13(16)5-7-17/h8-9,13,17H,2-7,10H2,1H3/t13-/m0/s1. The molecule has 1 aliphatic heterocycles. The summed E-state index contributed by atoms with van der Waals surface area (Å²) in [6.07, 6.45) is 8.28. The Morgan fingerprint density at radius 1 is 1.35 bits per heavy atom. The van der Waals surface area contributed by atoms with Crippen LogP contribution in [0.3, 0.4) is 0 Å². The van der Waals surface area contributed by atoms with Crippen molar-refractivity contribution in [3.63, 3.8) is 0 Å². The number of aliphatic hydroxyl groups excluding tert-OH is 1. The molecule has 2 heterocycles. The first kappa shape index (κ1) is 12.5. The molecule has 17 heavy (non-hydrogen) atoms. The summed E-state index contributed by atoms with van der Waals surface area (Å²) in [7, 11) is 0. The van der Waals surface area contributed by atoms with Crippen molar-refractivity contribution in [3.05, 3.63) is 23.8 Å². The number of aromatic nitrogens is 2. The van der Waals surface area contributed by atoms with Crippen LogP contribution in [0.1, 0.15) is 37.1 Å². The van der Waals surface area contributed by atoms with Gasteiger partial charge in [0.05, 0.1) is 11.4 Å². The van der Waals surface area contributed by atoms with E-state index in [4.69, 9.17) is 5.11 Å². The van der Waals surface area contributed by atoms with Gasteiger partial charge >= 0.3 is 0 Å². The van der Waals surface area contributed by atoms with Gasteiger partial charge in [0.25, 0.3) is 0 Å². The summed E-state index contributed by atoms with van der Waals surface area (Å²) in [4.78, 5) is 11.1. The summed E-state index contributed by atoms with van der Waals surface area (Å²) in [5.41, 5.74) is 1.99. The predicted molar refractivity (Wildman–Crippen MR) is 66.5 cm³/mol. The first-order valence-electron chi connectivity index (χ1n) is 6.42. The Balaban J connectivity index is 1.97. The number of aryl methyl sites for hydroxylation is 1.